The second kappa shape index (κ2) is 6.51. The SMILES string of the molecule is Fc1ccc(Nc2ccccc2NCc2nnc(C3CC3)o2)c(F)c1. The number of hydrogen-bond acceptors (Lipinski definition) is 5. The summed E-state index contributed by atoms with van der Waals surface area (Å²) in [5.41, 5.74) is 1.61. The molecule has 128 valence electrons. The standard InChI is InChI=1S/C18H16F2N4O/c19-12-7-8-14(13(20)9-12)22-16-4-2-1-3-15(16)21-10-17-23-24-18(25-17)11-5-6-11/h1-4,7-9,11,21-22H,5-6,10H2. The van der Waals surface area contributed by atoms with Gasteiger partial charge in [-0.25, -0.2) is 8.78 Å². The van der Waals surface area contributed by atoms with Crippen molar-refractivity contribution in [2.45, 2.75) is 25.3 Å². The molecule has 0 bridgehead atoms. The highest BCUT2D eigenvalue weighted by Gasteiger charge is 2.29. The Morgan fingerprint density at radius 1 is 1.00 bits per heavy atom. The molecule has 0 aliphatic heterocycles. The normalized spacial score (nSPS) is 13.7. The zero-order valence-electron chi connectivity index (χ0n) is 13.3. The van der Waals surface area contributed by atoms with Gasteiger partial charge in [0.05, 0.1) is 23.6 Å². The van der Waals surface area contributed by atoms with Crippen molar-refractivity contribution in [1.29, 1.82) is 0 Å². The van der Waals surface area contributed by atoms with E-state index in [0.29, 0.717) is 29.9 Å². The summed E-state index contributed by atoms with van der Waals surface area (Å²) in [6, 6.07) is 10.7. The molecule has 2 aromatic carbocycles. The fourth-order valence-corrected chi connectivity index (χ4v) is 2.49. The number of nitrogens with one attached hydrogen (secondary N) is 2. The first-order valence-corrected chi connectivity index (χ1v) is 8.06. The lowest BCUT2D eigenvalue weighted by Gasteiger charge is -2.13. The third kappa shape index (κ3) is 3.60. The van der Waals surface area contributed by atoms with Crippen molar-refractivity contribution in [2.24, 2.45) is 0 Å². The van der Waals surface area contributed by atoms with Crippen LogP contribution in [0.3, 0.4) is 0 Å². The molecule has 5 nitrogen and oxygen atoms in total. The Morgan fingerprint density at radius 3 is 2.56 bits per heavy atom. The van der Waals surface area contributed by atoms with Crippen LogP contribution in [0.1, 0.15) is 30.5 Å². The van der Waals surface area contributed by atoms with Crippen LogP contribution in [0.2, 0.25) is 0 Å². The van der Waals surface area contributed by atoms with Crippen molar-refractivity contribution in [1.82, 2.24) is 10.2 Å². The average Bonchev–Trinajstić information content (AvgIpc) is 3.35. The molecule has 3 aromatic rings. The zero-order valence-corrected chi connectivity index (χ0v) is 13.3. The maximum atomic E-state index is 13.8. The number of aromatic nitrogens is 2. The maximum Gasteiger partial charge on any atom is 0.235 e. The van der Waals surface area contributed by atoms with Crippen molar-refractivity contribution < 1.29 is 13.2 Å². The molecule has 0 saturated heterocycles. The van der Waals surface area contributed by atoms with Gasteiger partial charge >= 0.3 is 0 Å². The smallest absolute Gasteiger partial charge is 0.235 e. The lowest BCUT2D eigenvalue weighted by molar-refractivity contribution is 0.457. The van der Waals surface area contributed by atoms with Crippen LogP contribution in [0.5, 0.6) is 0 Å². The Morgan fingerprint density at radius 2 is 1.80 bits per heavy atom. The summed E-state index contributed by atoms with van der Waals surface area (Å²) < 4.78 is 32.5. The Labute approximate surface area is 143 Å². The molecule has 2 N–H and O–H groups in total. The molecule has 25 heavy (non-hydrogen) atoms. The molecule has 1 aliphatic carbocycles. The average molecular weight is 342 g/mol. The summed E-state index contributed by atoms with van der Waals surface area (Å²) >= 11 is 0. The van der Waals surface area contributed by atoms with Crippen LogP contribution in [0, 0.1) is 11.6 Å². The number of hydrogen-bond donors (Lipinski definition) is 2. The van der Waals surface area contributed by atoms with Gasteiger partial charge in [-0.1, -0.05) is 12.1 Å². The number of anilines is 3. The van der Waals surface area contributed by atoms with E-state index in [9.17, 15) is 8.78 Å². The van der Waals surface area contributed by atoms with E-state index in [0.717, 1.165) is 24.6 Å². The first-order chi connectivity index (χ1) is 12.2. The van der Waals surface area contributed by atoms with Crippen LogP contribution in [-0.4, -0.2) is 10.2 Å². The van der Waals surface area contributed by atoms with Gasteiger partial charge in [0.25, 0.3) is 0 Å². The first-order valence-electron chi connectivity index (χ1n) is 8.06. The van der Waals surface area contributed by atoms with Crippen LogP contribution >= 0.6 is 0 Å². The second-order valence-electron chi connectivity index (χ2n) is 5.96. The van der Waals surface area contributed by atoms with E-state index in [4.69, 9.17) is 4.42 Å². The molecule has 1 aromatic heterocycles. The lowest BCUT2D eigenvalue weighted by Crippen LogP contribution is -2.03. The van der Waals surface area contributed by atoms with Gasteiger partial charge in [0.15, 0.2) is 0 Å². The van der Waals surface area contributed by atoms with E-state index < -0.39 is 11.6 Å². The number of benzene rings is 2. The Bertz CT molecular complexity index is 892. The molecule has 0 amide bonds. The highest BCUT2D eigenvalue weighted by atomic mass is 19.1. The number of para-hydroxylation sites is 2. The summed E-state index contributed by atoms with van der Waals surface area (Å²) in [5, 5.41) is 14.2. The number of halogens is 2. The Balaban J connectivity index is 1.48. The predicted octanol–water partition coefficient (Wildman–Crippen LogP) is 4.58. The fourth-order valence-electron chi connectivity index (χ4n) is 2.49. The van der Waals surface area contributed by atoms with Crippen LogP contribution in [0.4, 0.5) is 25.8 Å². The van der Waals surface area contributed by atoms with Crippen LogP contribution < -0.4 is 10.6 Å². The van der Waals surface area contributed by atoms with E-state index >= 15 is 0 Å². The largest absolute Gasteiger partial charge is 0.423 e. The molecule has 0 unspecified atom stereocenters. The lowest BCUT2D eigenvalue weighted by atomic mass is 10.2. The molecule has 1 aliphatic rings. The van der Waals surface area contributed by atoms with Gasteiger partial charge in [0.2, 0.25) is 11.8 Å². The molecule has 1 heterocycles. The van der Waals surface area contributed by atoms with E-state index in [-0.39, 0.29) is 5.69 Å². The minimum absolute atomic E-state index is 0.199. The molecule has 4 rings (SSSR count). The highest BCUT2D eigenvalue weighted by Crippen LogP contribution is 2.39. The molecular formula is C18H16F2N4O. The van der Waals surface area contributed by atoms with Gasteiger partial charge in [-0.15, -0.1) is 10.2 Å². The predicted molar refractivity (Wildman–Crippen MR) is 89.7 cm³/mol. The van der Waals surface area contributed by atoms with Crippen molar-refractivity contribution in [3.63, 3.8) is 0 Å². The number of rotatable bonds is 6. The summed E-state index contributed by atoms with van der Waals surface area (Å²) in [7, 11) is 0. The minimum Gasteiger partial charge on any atom is -0.423 e. The van der Waals surface area contributed by atoms with Crippen LogP contribution in [0.15, 0.2) is 46.9 Å². The van der Waals surface area contributed by atoms with Crippen molar-refractivity contribution in [3.8, 4) is 0 Å². The summed E-state index contributed by atoms with van der Waals surface area (Å²) in [5.74, 6) is 0.344. The van der Waals surface area contributed by atoms with E-state index in [2.05, 4.69) is 20.8 Å². The van der Waals surface area contributed by atoms with Crippen molar-refractivity contribution in [2.75, 3.05) is 10.6 Å². The van der Waals surface area contributed by atoms with E-state index in [1.54, 1.807) is 6.07 Å². The van der Waals surface area contributed by atoms with Gasteiger partial charge in [0.1, 0.15) is 11.6 Å². The van der Waals surface area contributed by atoms with E-state index in [1.165, 1.54) is 12.1 Å². The van der Waals surface area contributed by atoms with E-state index in [1.807, 2.05) is 18.2 Å². The van der Waals surface area contributed by atoms with Crippen molar-refractivity contribution >= 4 is 17.1 Å². The third-order valence-corrected chi connectivity index (χ3v) is 3.97. The minimum atomic E-state index is -0.652. The maximum absolute atomic E-state index is 13.8. The Hall–Kier alpha value is -2.96. The summed E-state index contributed by atoms with van der Waals surface area (Å²) in [4.78, 5) is 0. The summed E-state index contributed by atoms with van der Waals surface area (Å²) in [6.07, 6.45) is 2.20. The van der Waals surface area contributed by atoms with Gasteiger partial charge in [-0.2, -0.15) is 0 Å². The molecule has 0 spiro atoms. The fraction of sp³-hybridized carbons (Fsp3) is 0.222. The summed E-state index contributed by atoms with van der Waals surface area (Å²) in [6.45, 7) is 0.365. The molecule has 0 radical (unpaired) electrons. The molecular weight excluding hydrogens is 326 g/mol. The molecule has 0 atom stereocenters. The van der Waals surface area contributed by atoms with Crippen LogP contribution in [-0.2, 0) is 6.54 Å². The van der Waals surface area contributed by atoms with Crippen LogP contribution in [0.25, 0.3) is 0 Å². The van der Waals surface area contributed by atoms with Crippen molar-refractivity contribution in [3.05, 3.63) is 65.9 Å². The third-order valence-electron chi connectivity index (χ3n) is 3.97. The first kappa shape index (κ1) is 15.6. The molecule has 1 saturated carbocycles. The molecule has 1 fully saturated rings. The zero-order chi connectivity index (χ0) is 17.2. The monoisotopic (exact) mass is 342 g/mol. The molecule has 7 heteroatoms. The Kier molecular flexibility index (Phi) is 4.05. The highest BCUT2D eigenvalue weighted by molar-refractivity contribution is 5.74. The van der Waals surface area contributed by atoms with Gasteiger partial charge in [-0.05, 0) is 37.1 Å². The number of nitrogens with zero attached hydrogens (tertiary/aromatic N) is 2. The van der Waals surface area contributed by atoms with Gasteiger partial charge in [0, 0.05) is 12.0 Å². The van der Waals surface area contributed by atoms with Gasteiger partial charge < -0.3 is 15.1 Å². The topological polar surface area (TPSA) is 63.0 Å². The van der Waals surface area contributed by atoms with Gasteiger partial charge in [-0.3, -0.25) is 0 Å². The quantitative estimate of drug-likeness (QED) is 0.686. The second-order valence-corrected chi connectivity index (χ2v) is 5.96.